The summed E-state index contributed by atoms with van der Waals surface area (Å²) in [6, 6.07) is 4.58. The molecule has 0 fully saturated rings. The molecule has 0 aliphatic rings. The van der Waals surface area contributed by atoms with E-state index >= 15 is 0 Å². The predicted octanol–water partition coefficient (Wildman–Crippen LogP) is 2.39. The van der Waals surface area contributed by atoms with Crippen molar-refractivity contribution in [1.29, 1.82) is 0 Å². The second kappa shape index (κ2) is 5.00. The second-order valence-electron chi connectivity index (χ2n) is 3.31. The van der Waals surface area contributed by atoms with E-state index in [2.05, 4.69) is 39.7 Å². The molecule has 0 unspecified atom stereocenters. The van der Waals surface area contributed by atoms with Crippen molar-refractivity contribution in [2.45, 2.75) is 19.5 Å². The van der Waals surface area contributed by atoms with Gasteiger partial charge in [0.2, 0.25) is 0 Å². The van der Waals surface area contributed by atoms with Gasteiger partial charge < -0.3 is 5.32 Å². The summed E-state index contributed by atoms with van der Waals surface area (Å²) in [5.74, 6) is 0. The Hall–Kier alpha value is -1.26. The first-order chi connectivity index (χ1) is 7.36. The lowest BCUT2D eigenvalue weighted by atomic mass is 10.2. The Labute approximate surface area is 93.2 Å². The van der Waals surface area contributed by atoms with E-state index in [1.165, 1.54) is 4.88 Å². The molecule has 2 aromatic rings. The fourth-order valence-electron chi connectivity index (χ4n) is 1.32. The summed E-state index contributed by atoms with van der Waals surface area (Å²) < 4.78 is 0. The van der Waals surface area contributed by atoms with E-state index in [9.17, 15) is 0 Å². The van der Waals surface area contributed by atoms with Crippen molar-refractivity contribution < 1.29 is 0 Å². The van der Waals surface area contributed by atoms with Gasteiger partial charge in [-0.1, -0.05) is 6.07 Å². The van der Waals surface area contributed by atoms with E-state index in [1.807, 2.05) is 0 Å². The SMILES string of the molecule is C[C@@H](NCc1cnccn1)c1cccs1. The van der Waals surface area contributed by atoms with Crippen LogP contribution in [0.1, 0.15) is 23.5 Å². The first-order valence-electron chi connectivity index (χ1n) is 4.88. The summed E-state index contributed by atoms with van der Waals surface area (Å²) in [5, 5.41) is 5.50. The van der Waals surface area contributed by atoms with Gasteiger partial charge in [0.25, 0.3) is 0 Å². The van der Waals surface area contributed by atoms with Crippen molar-refractivity contribution in [1.82, 2.24) is 15.3 Å². The molecule has 3 nitrogen and oxygen atoms in total. The summed E-state index contributed by atoms with van der Waals surface area (Å²) in [6.07, 6.45) is 5.19. The van der Waals surface area contributed by atoms with Gasteiger partial charge >= 0.3 is 0 Å². The molecule has 1 N–H and O–H groups in total. The molecule has 0 amide bonds. The van der Waals surface area contributed by atoms with Crippen LogP contribution in [0.2, 0.25) is 0 Å². The average Bonchev–Trinajstić information content (AvgIpc) is 2.81. The lowest BCUT2D eigenvalue weighted by Crippen LogP contribution is -2.17. The van der Waals surface area contributed by atoms with Crippen LogP contribution in [-0.2, 0) is 6.54 Å². The zero-order chi connectivity index (χ0) is 10.5. The summed E-state index contributed by atoms with van der Waals surface area (Å²) in [4.78, 5) is 9.58. The number of aromatic nitrogens is 2. The molecule has 0 saturated heterocycles. The number of nitrogens with one attached hydrogen (secondary N) is 1. The van der Waals surface area contributed by atoms with Crippen LogP contribution in [0.3, 0.4) is 0 Å². The molecule has 4 heteroatoms. The molecule has 0 aliphatic carbocycles. The van der Waals surface area contributed by atoms with E-state index in [0.717, 1.165) is 12.2 Å². The molecular formula is C11H13N3S. The predicted molar refractivity (Wildman–Crippen MR) is 61.6 cm³/mol. The number of rotatable bonds is 4. The van der Waals surface area contributed by atoms with Crippen LogP contribution < -0.4 is 5.32 Å². The van der Waals surface area contributed by atoms with Crippen LogP contribution in [0.5, 0.6) is 0 Å². The zero-order valence-corrected chi connectivity index (χ0v) is 9.37. The minimum Gasteiger partial charge on any atom is -0.304 e. The molecule has 2 aromatic heterocycles. The molecule has 0 bridgehead atoms. The van der Waals surface area contributed by atoms with Gasteiger partial charge in [-0.15, -0.1) is 11.3 Å². The molecule has 1 atom stereocenters. The Morgan fingerprint density at radius 3 is 3.07 bits per heavy atom. The molecule has 0 spiro atoms. The van der Waals surface area contributed by atoms with Gasteiger partial charge in [0, 0.05) is 36.1 Å². The summed E-state index contributed by atoms with van der Waals surface area (Å²) in [6.45, 7) is 2.91. The third-order valence-electron chi connectivity index (χ3n) is 2.18. The Balaban J connectivity index is 1.89. The minimum absolute atomic E-state index is 0.368. The van der Waals surface area contributed by atoms with Crippen molar-refractivity contribution >= 4 is 11.3 Å². The largest absolute Gasteiger partial charge is 0.304 e. The molecule has 0 aliphatic heterocycles. The van der Waals surface area contributed by atoms with Gasteiger partial charge in [0.05, 0.1) is 5.69 Å². The number of nitrogens with zero attached hydrogens (tertiary/aromatic N) is 2. The van der Waals surface area contributed by atoms with Gasteiger partial charge in [-0.3, -0.25) is 9.97 Å². The van der Waals surface area contributed by atoms with Crippen LogP contribution in [0.25, 0.3) is 0 Å². The van der Waals surface area contributed by atoms with E-state index in [1.54, 1.807) is 29.9 Å². The van der Waals surface area contributed by atoms with Gasteiger partial charge in [-0.05, 0) is 18.4 Å². The van der Waals surface area contributed by atoms with Crippen molar-refractivity contribution in [3.63, 3.8) is 0 Å². The Morgan fingerprint density at radius 2 is 2.40 bits per heavy atom. The van der Waals surface area contributed by atoms with Crippen molar-refractivity contribution in [2.24, 2.45) is 0 Å². The fraction of sp³-hybridized carbons (Fsp3) is 0.273. The number of hydrogen-bond acceptors (Lipinski definition) is 4. The first-order valence-corrected chi connectivity index (χ1v) is 5.76. The maximum absolute atomic E-state index is 4.21. The second-order valence-corrected chi connectivity index (χ2v) is 4.29. The highest BCUT2D eigenvalue weighted by Gasteiger charge is 2.05. The fourth-order valence-corrected chi connectivity index (χ4v) is 2.08. The van der Waals surface area contributed by atoms with Crippen molar-refractivity contribution in [3.8, 4) is 0 Å². The summed E-state index contributed by atoms with van der Waals surface area (Å²) in [7, 11) is 0. The van der Waals surface area contributed by atoms with E-state index in [-0.39, 0.29) is 0 Å². The van der Waals surface area contributed by atoms with Crippen LogP contribution in [0.4, 0.5) is 0 Å². The van der Waals surface area contributed by atoms with Gasteiger partial charge in [-0.25, -0.2) is 0 Å². The van der Waals surface area contributed by atoms with Gasteiger partial charge in [-0.2, -0.15) is 0 Å². The highest BCUT2D eigenvalue weighted by atomic mass is 32.1. The molecular weight excluding hydrogens is 206 g/mol. The standard InChI is InChI=1S/C11H13N3S/c1-9(11-3-2-6-15-11)14-8-10-7-12-4-5-13-10/h2-7,9,14H,8H2,1H3/t9-/m1/s1. The van der Waals surface area contributed by atoms with Crippen LogP contribution in [-0.4, -0.2) is 9.97 Å². The molecule has 0 radical (unpaired) electrons. The highest BCUT2D eigenvalue weighted by Crippen LogP contribution is 2.18. The van der Waals surface area contributed by atoms with Crippen molar-refractivity contribution in [3.05, 3.63) is 46.7 Å². The molecule has 0 saturated carbocycles. The van der Waals surface area contributed by atoms with Crippen LogP contribution >= 0.6 is 11.3 Å². The van der Waals surface area contributed by atoms with Gasteiger partial charge in [0.15, 0.2) is 0 Å². The average molecular weight is 219 g/mol. The van der Waals surface area contributed by atoms with Crippen LogP contribution in [0.15, 0.2) is 36.1 Å². The lowest BCUT2D eigenvalue weighted by Gasteiger charge is -2.10. The first kappa shape index (κ1) is 10.3. The Bertz CT molecular complexity index is 385. The van der Waals surface area contributed by atoms with E-state index < -0.39 is 0 Å². The third-order valence-corrected chi connectivity index (χ3v) is 3.23. The van der Waals surface area contributed by atoms with E-state index in [4.69, 9.17) is 0 Å². The Kier molecular flexibility index (Phi) is 3.42. The normalized spacial score (nSPS) is 12.6. The smallest absolute Gasteiger partial charge is 0.0724 e. The summed E-state index contributed by atoms with van der Waals surface area (Å²) in [5.41, 5.74) is 0.973. The molecule has 15 heavy (non-hydrogen) atoms. The Morgan fingerprint density at radius 1 is 1.47 bits per heavy atom. The maximum Gasteiger partial charge on any atom is 0.0724 e. The van der Waals surface area contributed by atoms with Crippen molar-refractivity contribution in [2.75, 3.05) is 0 Å². The quantitative estimate of drug-likeness (QED) is 0.858. The number of hydrogen-bond donors (Lipinski definition) is 1. The molecule has 2 heterocycles. The third kappa shape index (κ3) is 2.84. The maximum atomic E-state index is 4.21. The highest BCUT2D eigenvalue weighted by molar-refractivity contribution is 7.10. The van der Waals surface area contributed by atoms with E-state index in [0.29, 0.717) is 6.04 Å². The van der Waals surface area contributed by atoms with Gasteiger partial charge in [0.1, 0.15) is 0 Å². The van der Waals surface area contributed by atoms with Crippen LogP contribution in [0, 0.1) is 0 Å². The minimum atomic E-state index is 0.368. The molecule has 2 rings (SSSR count). The topological polar surface area (TPSA) is 37.8 Å². The zero-order valence-electron chi connectivity index (χ0n) is 8.55. The molecule has 0 aromatic carbocycles. The summed E-state index contributed by atoms with van der Waals surface area (Å²) >= 11 is 1.77. The monoisotopic (exact) mass is 219 g/mol. The lowest BCUT2D eigenvalue weighted by molar-refractivity contribution is 0.574. The molecule has 78 valence electrons. The number of thiophene rings is 1.